The van der Waals surface area contributed by atoms with Gasteiger partial charge in [-0.3, -0.25) is 4.90 Å². The van der Waals surface area contributed by atoms with Crippen LogP contribution >= 0.6 is 11.3 Å². The van der Waals surface area contributed by atoms with Crippen LogP contribution in [0.5, 0.6) is 0 Å². The molecule has 17 heavy (non-hydrogen) atoms. The number of nitrogens with zero attached hydrogens (tertiary/aromatic N) is 1. The summed E-state index contributed by atoms with van der Waals surface area (Å²) in [4.78, 5) is 3.92. The zero-order valence-corrected chi connectivity index (χ0v) is 11.2. The molecule has 3 rings (SSSR count). The van der Waals surface area contributed by atoms with Gasteiger partial charge in [-0.25, -0.2) is 0 Å². The van der Waals surface area contributed by atoms with Crippen molar-refractivity contribution >= 4 is 11.3 Å². The van der Waals surface area contributed by atoms with Gasteiger partial charge in [0.1, 0.15) is 0 Å². The lowest BCUT2D eigenvalue weighted by atomic mass is 9.94. The summed E-state index contributed by atoms with van der Waals surface area (Å²) in [5.41, 5.74) is -0.438. The summed E-state index contributed by atoms with van der Waals surface area (Å²) in [5.74, 6) is 0. The highest BCUT2D eigenvalue weighted by molar-refractivity contribution is 7.09. The second-order valence-corrected chi connectivity index (χ2v) is 6.79. The molecule has 94 valence electrons. The molecule has 2 nitrogen and oxygen atoms in total. The van der Waals surface area contributed by atoms with Gasteiger partial charge < -0.3 is 5.11 Å². The van der Waals surface area contributed by atoms with E-state index in [1.165, 1.54) is 17.7 Å². The Morgan fingerprint density at radius 2 is 2.35 bits per heavy atom. The van der Waals surface area contributed by atoms with E-state index in [0.717, 1.165) is 31.8 Å². The van der Waals surface area contributed by atoms with Gasteiger partial charge in [0.25, 0.3) is 0 Å². The number of thiophene rings is 1. The standard InChI is InChI=1S/C14H21NOS/c1-11-9-14(16,10-15(11)12-4-5-12)7-6-13-3-2-8-17-13/h2-3,8,11-12,16H,4-7,9-10H2,1H3. The summed E-state index contributed by atoms with van der Waals surface area (Å²) < 4.78 is 0. The topological polar surface area (TPSA) is 23.5 Å². The average Bonchev–Trinajstić information content (AvgIpc) is 2.90. The number of aryl methyl sites for hydroxylation is 1. The maximum Gasteiger partial charge on any atom is 0.0792 e. The van der Waals surface area contributed by atoms with Crippen LogP contribution in [0.1, 0.15) is 37.5 Å². The smallest absolute Gasteiger partial charge is 0.0792 e. The molecule has 0 aromatic carbocycles. The van der Waals surface area contributed by atoms with Gasteiger partial charge in [0, 0.05) is 23.5 Å². The van der Waals surface area contributed by atoms with Crippen LogP contribution in [0, 0.1) is 0 Å². The van der Waals surface area contributed by atoms with Crippen molar-refractivity contribution in [3.05, 3.63) is 22.4 Å². The van der Waals surface area contributed by atoms with Gasteiger partial charge in [0.15, 0.2) is 0 Å². The zero-order valence-electron chi connectivity index (χ0n) is 10.4. The lowest BCUT2D eigenvalue weighted by Gasteiger charge is -2.23. The highest BCUT2D eigenvalue weighted by atomic mass is 32.1. The second kappa shape index (κ2) is 4.38. The van der Waals surface area contributed by atoms with E-state index in [-0.39, 0.29) is 0 Å². The fourth-order valence-electron chi connectivity index (χ4n) is 3.11. The van der Waals surface area contributed by atoms with Gasteiger partial charge in [-0.2, -0.15) is 0 Å². The van der Waals surface area contributed by atoms with Crippen LogP contribution in [-0.4, -0.2) is 34.2 Å². The molecule has 1 saturated heterocycles. The van der Waals surface area contributed by atoms with E-state index in [9.17, 15) is 5.11 Å². The molecule has 2 fully saturated rings. The van der Waals surface area contributed by atoms with Crippen molar-refractivity contribution in [3.63, 3.8) is 0 Å². The van der Waals surface area contributed by atoms with Crippen molar-refractivity contribution in [3.8, 4) is 0 Å². The normalized spacial score (nSPS) is 34.4. The summed E-state index contributed by atoms with van der Waals surface area (Å²) in [6, 6.07) is 5.61. The average molecular weight is 251 g/mol. The van der Waals surface area contributed by atoms with Gasteiger partial charge in [0.05, 0.1) is 5.60 Å². The minimum atomic E-state index is -0.438. The van der Waals surface area contributed by atoms with Crippen molar-refractivity contribution < 1.29 is 5.11 Å². The third-order valence-electron chi connectivity index (χ3n) is 4.15. The molecular weight excluding hydrogens is 230 g/mol. The predicted octanol–water partition coefficient (Wildman–Crippen LogP) is 2.67. The van der Waals surface area contributed by atoms with Gasteiger partial charge in [-0.15, -0.1) is 11.3 Å². The molecule has 1 aliphatic heterocycles. The number of β-amino-alcohol motifs (C(OH)–C–C–N with tert-alkyl or cyclic N) is 1. The molecule has 0 spiro atoms. The van der Waals surface area contributed by atoms with Crippen LogP contribution in [-0.2, 0) is 6.42 Å². The van der Waals surface area contributed by atoms with E-state index in [2.05, 4.69) is 29.3 Å². The second-order valence-electron chi connectivity index (χ2n) is 5.76. The fraction of sp³-hybridized carbons (Fsp3) is 0.714. The monoisotopic (exact) mass is 251 g/mol. The summed E-state index contributed by atoms with van der Waals surface area (Å²) in [7, 11) is 0. The Hall–Kier alpha value is -0.380. The number of aliphatic hydroxyl groups is 1. The molecular formula is C14H21NOS. The summed E-state index contributed by atoms with van der Waals surface area (Å²) in [6.45, 7) is 3.16. The molecule has 1 aliphatic carbocycles. The van der Waals surface area contributed by atoms with E-state index in [0.29, 0.717) is 6.04 Å². The van der Waals surface area contributed by atoms with E-state index < -0.39 is 5.60 Å². The Balaban J connectivity index is 1.58. The van der Waals surface area contributed by atoms with Crippen molar-refractivity contribution in [1.29, 1.82) is 0 Å². The highest BCUT2D eigenvalue weighted by Crippen LogP contribution is 2.38. The Labute approximate surface area is 107 Å². The predicted molar refractivity (Wildman–Crippen MR) is 71.4 cm³/mol. The van der Waals surface area contributed by atoms with Gasteiger partial charge in [0.2, 0.25) is 0 Å². The van der Waals surface area contributed by atoms with Gasteiger partial charge in [-0.05, 0) is 50.5 Å². The molecule has 0 bridgehead atoms. The maximum atomic E-state index is 10.7. The molecule has 2 unspecified atom stereocenters. The Morgan fingerprint density at radius 3 is 3.00 bits per heavy atom. The van der Waals surface area contributed by atoms with Crippen LogP contribution in [0.25, 0.3) is 0 Å². The third kappa shape index (κ3) is 2.56. The Bertz CT molecular complexity index is 374. The maximum absolute atomic E-state index is 10.7. The number of likely N-dealkylation sites (tertiary alicyclic amines) is 1. The summed E-state index contributed by atoms with van der Waals surface area (Å²) >= 11 is 1.80. The fourth-order valence-corrected chi connectivity index (χ4v) is 3.82. The first-order valence-corrected chi connectivity index (χ1v) is 7.55. The molecule has 2 aliphatic rings. The van der Waals surface area contributed by atoms with E-state index >= 15 is 0 Å². The Kier molecular flexibility index (Phi) is 3.01. The van der Waals surface area contributed by atoms with Crippen LogP contribution in [0.3, 0.4) is 0 Å². The summed E-state index contributed by atoms with van der Waals surface area (Å²) in [5, 5.41) is 12.8. The van der Waals surface area contributed by atoms with Gasteiger partial charge >= 0.3 is 0 Å². The molecule has 2 heterocycles. The quantitative estimate of drug-likeness (QED) is 0.889. The molecule has 1 aromatic rings. The van der Waals surface area contributed by atoms with Crippen LogP contribution in [0.2, 0.25) is 0 Å². The minimum absolute atomic E-state index is 0.438. The van der Waals surface area contributed by atoms with Crippen LogP contribution in [0.15, 0.2) is 17.5 Å². The summed E-state index contributed by atoms with van der Waals surface area (Å²) in [6.07, 6.45) is 5.58. The SMILES string of the molecule is CC1CC(O)(CCc2cccs2)CN1C1CC1. The zero-order chi connectivity index (χ0) is 11.9. The van der Waals surface area contributed by atoms with Crippen molar-refractivity contribution in [1.82, 2.24) is 4.90 Å². The number of hydrogen-bond donors (Lipinski definition) is 1. The van der Waals surface area contributed by atoms with Crippen LogP contribution in [0.4, 0.5) is 0 Å². The molecule has 0 radical (unpaired) electrons. The molecule has 1 aromatic heterocycles. The number of rotatable bonds is 4. The van der Waals surface area contributed by atoms with E-state index in [1.807, 2.05) is 0 Å². The first-order chi connectivity index (χ1) is 8.16. The van der Waals surface area contributed by atoms with E-state index in [4.69, 9.17) is 0 Å². The minimum Gasteiger partial charge on any atom is -0.388 e. The van der Waals surface area contributed by atoms with Crippen LogP contribution < -0.4 is 0 Å². The third-order valence-corrected chi connectivity index (χ3v) is 5.09. The lowest BCUT2D eigenvalue weighted by molar-refractivity contribution is 0.0402. The Morgan fingerprint density at radius 1 is 1.53 bits per heavy atom. The lowest BCUT2D eigenvalue weighted by Crippen LogP contribution is -2.35. The molecule has 1 N–H and O–H groups in total. The largest absolute Gasteiger partial charge is 0.388 e. The van der Waals surface area contributed by atoms with Crippen molar-refractivity contribution in [2.45, 2.75) is 56.7 Å². The number of hydrogen-bond acceptors (Lipinski definition) is 3. The van der Waals surface area contributed by atoms with E-state index in [1.54, 1.807) is 11.3 Å². The first kappa shape index (κ1) is 11.7. The highest BCUT2D eigenvalue weighted by Gasteiger charge is 2.45. The first-order valence-electron chi connectivity index (χ1n) is 6.67. The molecule has 3 heteroatoms. The van der Waals surface area contributed by atoms with Gasteiger partial charge in [-0.1, -0.05) is 6.07 Å². The molecule has 0 amide bonds. The molecule has 1 saturated carbocycles. The van der Waals surface area contributed by atoms with Crippen molar-refractivity contribution in [2.75, 3.05) is 6.54 Å². The molecule has 2 atom stereocenters. The van der Waals surface area contributed by atoms with Crippen molar-refractivity contribution in [2.24, 2.45) is 0 Å².